The summed E-state index contributed by atoms with van der Waals surface area (Å²) in [6, 6.07) is 15.4. The molecule has 7 N–H and O–H groups in total. The minimum atomic E-state index is -0.319. The van der Waals surface area contributed by atoms with Gasteiger partial charge in [-0.1, -0.05) is 7.43 Å². The van der Waals surface area contributed by atoms with Gasteiger partial charge in [0.25, 0.3) is 0 Å². The molecule has 7 radical (unpaired) electrons. The Morgan fingerprint density at radius 1 is 0.364 bits per heavy atom. The SMILES string of the molecule is C.[B]=C1C(=O)Nc2cc(C(C)C)ccc21.[B]=C1C(=O)Nc2cc(C(C)C)cnc21.[B]=C1C(=O)Nc2cc(C(C)C)ncc21.[B]=C1C(=O)Nc2nc(C(C)C)ccc21.[B]=C1C(=O)Nc2nc(C(C)C)cnc21.[B]=C1C(=O)Nc2nc(C(C)C)ncc21.[B]=c1c(=C)[nH]c2cc(C(C)C)nnc12. The zero-order chi connectivity index (χ0) is 72.0. The first kappa shape index (κ1) is 76.2. The van der Waals surface area contributed by atoms with E-state index < -0.39 is 0 Å². The molecule has 491 valence electrons. The third-order valence-electron chi connectivity index (χ3n) is 15.9. The molecule has 0 atom stereocenters. The second kappa shape index (κ2) is 32.0. The first-order valence-electron chi connectivity index (χ1n) is 31.7. The molecular formula is C70H74B7N16O6. The van der Waals surface area contributed by atoms with Crippen LogP contribution in [0, 0.1) is 5.11 Å². The number of amides is 6. The Morgan fingerprint density at radius 2 is 0.828 bits per heavy atom. The average molecular weight is 1310 g/mol. The molecule has 29 heteroatoms. The molecule has 8 aromatic rings. The Morgan fingerprint density at radius 3 is 1.42 bits per heavy atom. The number of nitrogens with zero attached hydrogens (tertiary/aromatic N) is 9. The number of benzene rings is 1. The van der Waals surface area contributed by atoms with Gasteiger partial charge < -0.3 is 0 Å². The van der Waals surface area contributed by atoms with Gasteiger partial charge >= 0.3 is 579 Å². The van der Waals surface area contributed by atoms with Crippen molar-refractivity contribution in [1.29, 1.82) is 0 Å². The van der Waals surface area contributed by atoms with Gasteiger partial charge in [-0.05, 0) is 0 Å². The van der Waals surface area contributed by atoms with E-state index in [0.717, 1.165) is 56.5 Å². The van der Waals surface area contributed by atoms with Gasteiger partial charge in [0, 0.05) is 0 Å². The van der Waals surface area contributed by atoms with Crippen LogP contribution in [0.25, 0.3) is 17.6 Å². The summed E-state index contributed by atoms with van der Waals surface area (Å²) < 4.78 is 0. The molecule has 0 unspecified atom stereocenters. The molecular weight excluding hydrogens is 1240 g/mol. The summed E-state index contributed by atoms with van der Waals surface area (Å²) in [6.07, 6.45) is 6.65. The number of aromatic amines is 1. The van der Waals surface area contributed by atoms with E-state index in [1.54, 1.807) is 24.8 Å². The molecule has 14 rings (SSSR count). The summed E-state index contributed by atoms with van der Waals surface area (Å²) in [4.78, 5) is 99.7. The van der Waals surface area contributed by atoms with Gasteiger partial charge in [0.15, 0.2) is 0 Å². The van der Waals surface area contributed by atoms with Crippen LogP contribution in [0.2, 0.25) is 0 Å². The van der Waals surface area contributed by atoms with Gasteiger partial charge in [0.05, 0.1) is 0 Å². The van der Waals surface area contributed by atoms with Crippen molar-refractivity contribution in [2.45, 2.75) is 146 Å². The number of nitrogens with one attached hydrogen (secondary N) is 7. The van der Waals surface area contributed by atoms with E-state index in [1.807, 2.05) is 76.2 Å². The molecule has 0 saturated heterocycles. The van der Waals surface area contributed by atoms with E-state index in [9.17, 15) is 28.8 Å². The van der Waals surface area contributed by atoms with Crippen LogP contribution in [0.5, 0.6) is 0 Å². The van der Waals surface area contributed by atoms with E-state index in [2.05, 4.69) is 158 Å². The fraction of sp³-hybridized carbons (Fsp3) is 0.314. The van der Waals surface area contributed by atoms with E-state index in [-0.39, 0.29) is 82.0 Å². The second-order valence-corrected chi connectivity index (χ2v) is 25.6. The van der Waals surface area contributed by atoms with Crippen LogP contribution in [-0.4, -0.2) is 171 Å². The van der Waals surface area contributed by atoms with Gasteiger partial charge in [-0.25, -0.2) is 0 Å². The predicted molar refractivity (Wildman–Crippen MR) is 403 cm³/mol. The first-order valence-corrected chi connectivity index (χ1v) is 31.7. The van der Waals surface area contributed by atoms with Crippen LogP contribution in [-0.2, 0) is 28.8 Å². The van der Waals surface area contributed by atoms with Crippen molar-refractivity contribution < 1.29 is 28.8 Å². The van der Waals surface area contributed by atoms with Crippen molar-refractivity contribution in [3.63, 3.8) is 0 Å². The van der Waals surface area contributed by atoms with Crippen LogP contribution >= 0.6 is 0 Å². The summed E-state index contributed by atoms with van der Waals surface area (Å²) in [5.41, 5.74) is 15.2. The third-order valence-corrected chi connectivity index (χ3v) is 15.9. The fourth-order valence-corrected chi connectivity index (χ4v) is 9.66. The number of carbonyl (C=O) groups is 6. The average Bonchev–Trinajstić information content (AvgIpc) is 1.75. The van der Waals surface area contributed by atoms with Crippen LogP contribution in [0.3, 0.4) is 0 Å². The van der Waals surface area contributed by atoms with Gasteiger partial charge in [-0.2, -0.15) is 0 Å². The standard InChI is InChI=1S/C11H11BNO.C10H11BN3.3C10H10BN2O.2C9H9BN3O.CH4/c1-6(2)7-3-4-8-9(5-7)13-11(14)10(8)12;1-5(2)7-4-8-10(14-13-7)9(11)6(3)12-8;1-5(2)7-3-8-6(4-12-7)9(11)10(14)13-8;1-5(2)6-3-7-9(12-4-6)8(11)10(14)13-7;1-5(2)7-4-3-6-8(11)10(14)13-9(6)12-7;1-4(2)7-11-3-5-6(10)9(14)13-8(5)12-7;1-4(2)5-3-11-7-6(10)9(14)13-8(7)12-5;/h3-6H,1-2H3,(H,13,14);4-5,12H,3H2,1-2H3;2*3-5H,1-2H3,(H,13,14);3-5H,1-2H3,(H,12,13,14);3-4H,1-2H3,(H,11,12,13,14);3-4H,1-2H3,(H,12,13,14);1H4. The summed E-state index contributed by atoms with van der Waals surface area (Å²) in [5.74, 6) is 3.16. The molecule has 99 heavy (non-hydrogen) atoms. The van der Waals surface area contributed by atoms with Crippen molar-refractivity contribution in [2.24, 2.45) is 0 Å². The fourth-order valence-electron chi connectivity index (χ4n) is 9.66. The molecule has 6 amide bonds. The Balaban J connectivity index is 0.000000162. The number of rotatable bonds is 7. The summed E-state index contributed by atoms with van der Waals surface area (Å²) in [6.45, 7) is 32.6. The number of H-pyrrole nitrogens is 1. The van der Waals surface area contributed by atoms with Crippen molar-refractivity contribution in [3.05, 3.63) is 157 Å². The van der Waals surface area contributed by atoms with Crippen LogP contribution in [0.4, 0.5) is 34.5 Å². The molecule has 6 aliphatic heterocycles. The molecule has 13 heterocycles. The van der Waals surface area contributed by atoms with Crippen LogP contribution < -0.4 is 37.2 Å². The van der Waals surface area contributed by atoms with Crippen molar-refractivity contribution in [1.82, 2.24) is 50.1 Å². The number of aromatic nitrogens is 10. The monoisotopic (exact) mass is 1310 g/mol. The van der Waals surface area contributed by atoms with E-state index in [0.29, 0.717) is 102 Å². The number of carbonyl (C=O) groups excluding carboxylic acids is 6. The molecule has 0 fully saturated rings. The number of hydrogen-bond donors (Lipinski definition) is 7. The molecule has 7 aromatic heterocycles. The number of hydrogen-bond acceptors (Lipinski definition) is 15. The normalized spacial score (nSPS) is 13.8. The molecule has 0 aliphatic carbocycles. The number of pyridine rings is 3. The predicted octanol–water partition coefficient (Wildman–Crippen LogP) is 6.02. The Kier molecular flexibility index (Phi) is 24.6. The Labute approximate surface area is 583 Å². The maximum atomic E-state index is 11.2. The van der Waals surface area contributed by atoms with Crippen LogP contribution in [0.1, 0.15) is 219 Å². The molecule has 0 spiro atoms. The molecule has 0 saturated carbocycles. The number of fused-ring (bicyclic) bond motifs is 7. The summed E-state index contributed by atoms with van der Waals surface area (Å²) in [7, 11) is 39.2. The summed E-state index contributed by atoms with van der Waals surface area (Å²) in [5, 5.41) is 25.4. The number of anilines is 6. The van der Waals surface area contributed by atoms with Gasteiger partial charge in [0.1, 0.15) is 0 Å². The van der Waals surface area contributed by atoms with E-state index in [4.69, 9.17) is 52.4 Å². The van der Waals surface area contributed by atoms with Crippen molar-refractivity contribution in [2.75, 3.05) is 31.9 Å². The quantitative estimate of drug-likeness (QED) is 0.0898. The van der Waals surface area contributed by atoms with Crippen LogP contribution in [0.15, 0.2) is 73.3 Å². The maximum absolute atomic E-state index is 11.2. The van der Waals surface area contributed by atoms with E-state index >= 15 is 0 Å². The van der Waals surface area contributed by atoms with Crippen molar-refractivity contribution in [3.8, 4) is 0 Å². The molecule has 22 nitrogen and oxygen atoms in total. The van der Waals surface area contributed by atoms with Crippen molar-refractivity contribution >= 4 is 173 Å². The van der Waals surface area contributed by atoms with Gasteiger partial charge in [0.2, 0.25) is 0 Å². The van der Waals surface area contributed by atoms with Gasteiger partial charge in [-0.3, -0.25) is 0 Å². The minimum absolute atomic E-state index is 0. The third kappa shape index (κ3) is 17.4. The summed E-state index contributed by atoms with van der Waals surface area (Å²) >= 11 is 0. The van der Waals surface area contributed by atoms with Gasteiger partial charge in [-0.15, -0.1) is 0 Å². The Hall–Kier alpha value is -10.2. The zero-order valence-electron chi connectivity index (χ0n) is 57.2. The topological polar surface area (TPSA) is 306 Å². The zero-order valence-corrected chi connectivity index (χ0v) is 57.2. The van der Waals surface area contributed by atoms with E-state index in [1.165, 1.54) is 5.56 Å². The second-order valence-electron chi connectivity index (χ2n) is 25.6. The molecule has 1 aromatic carbocycles. The Bertz CT molecular complexity index is 4170. The first-order chi connectivity index (χ1) is 46.1. The molecule has 0 bridgehead atoms. The molecule has 6 aliphatic rings.